The second-order valence-corrected chi connectivity index (χ2v) is 8.14. The van der Waals surface area contributed by atoms with Gasteiger partial charge in [-0.1, -0.05) is 18.2 Å². The van der Waals surface area contributed by atoms with Gasteiger partial charge in [0.05, 0.1) is 18.4 Å². The number of hydrogen-bond donors (Lipinski definition) is 1. The van der Waals surface area contributed by atoms with Crippen LogP contribution in [0.5, 0.6) is 0 Å². The standard InChI is InChI=1S/C21H16F2N6O2/c1-28-18-17(24-6-7-25-18)13-14-15(13)21(14,20(28)31)26-19(30)16-12(23)9-29(27-16)8-10-4-2-3-5-11(10)22/h2-7,9,13-15H,8H2,1H3,(H,26,30)/t13?,14-,15?,21?/m1/s1. The van der Waals surface area contributed by atoms with Crippen molar-refractivity contribution in [2.24, 2.45) is 11.8 Å². The number of fused-ring (bicyclic) bond motifs is 1. The molecule has 4 atom stereocenters. The number of nitrogens with one attached hydrogen (secondary N) is 1. The second kappa shape index (κ2) is 5.93. The highest BCUT2D eigenvalue weighted by molar-refractivity contribution is 6.10. The third kappa shape index (κ3) is 2.35. The molecular weight excluding hydrogens is 406 g/mol. The molecule has 1 N–H and O–H groups in total. The topological polar surface area (TPSA) is 93.0 Å². The van der Waals surface area contributed by atoms with Crippen molar-refractivity contribution in [1.29, 1.82) is 0 Å². The van der Waals surface area contributed by atoms with Gasteiger partial charge in [-0.2, -0.15) is 5.10 Å². The Hall–Kier alpha value is -3.69. The fraction of sp³-hybridized carbons (Fsp3) is 0.286. The van der Waals surface area contributed by atoms with Crippen LogP contribution in [-0.2, 0) is 11.3 Å². The maximum Gasteiger partial charge on any atom is 0.275 e. The molecule has 8 nitrogen and oxygen atoms in total. The summed E-state index contributed by atoms with van der Waals surface area (Å²) in [5, 5.41) is 6.71. The summed E-state index contributed by atoms with van der Waals surface area (Å²) in [4.78, 5) is 36.0. The lowest BCUT2D eigenvalue weighted by molar-refractivity contribution is -0.122. The molecule has 2 fully saturated rings. The first kappa shape index (κ1) is 18.1. The fourth-order valence-corrected chi connectivity index (χ4v) is 4.94. The number of rotatable bonds is 4. The van der Waals surface area contributed by atoms with E-state index in [9.17, 15) is 18.4 Å². The highest BCUT2D eigenvalue weighted by atomic mass is 19.1. The highest BCUT2D eigenvalue weighted by Crippen LogP contribution is 2.81. The summed E-state index contributed by atoms with van der Waals surface area (Å²) >= 11 is 0. The van der Waals surface area contributed by atoms with Crippen LogP contribution in [0.2, 0.25) is 0 Å². The van der Waals surface area contributed by atoms with Crippen LogP contribution in [0.1, 0.15) is 27.7 Å². The maximum absolute atomic E-state index is 14.5. The predicted molar refractivity (Wildman–Crippen MR) is 103 cm³/mol. The molecule has 3 aromatic rings. The third-order valence-corrected chi connectivity index (χ3v) is 6.50. The molecule has 31 heavy (non-hydrogen) atoms. The molecule has 1 aromatic carbocycles. The minimum atomic E-state index is -1.08. The van der Waals surface area contributed by atoms with Crippen LogP contribution in [0.25, 0.3) is 0 Å². The molecule has 2 saturated carbocycles. The van der Waals surface area contributed by atoms with E-state index in [0.29, 0.717) is 11.4 Å². The van der Waals surface area contributed by atoms with Crippen molar-refractivity contribution in [1.82, 2.24) is 25.1 Å². The number of hydrogen-bond acceptors (Lipinski definition) is 5. The molecule has 4 heterocycles. The van der Waals surface area contributed by atoms with Crippen LogP contribution in [0.4, 0.5) is 14.6 Å². The Morgan fingerprint density at radius 1 is 1.16 bits per heavy atom. The first-order valence-corrected chi connectivity index (χ1v) is 9.81. The molecule has 4 aliphatic rings. The summed E-state index contributed by atoms with van der Waals surface area (Å²) in [5.74, 6) is -1.96. The molecule has 0 radical (unpaired) electrons. The highest BCUT2D eigenvalue weighted by Gasteiger charge is 2.90. The number of carbonyl (C=O) groups is 2. The van der Waals surface area contributed by atoms with Crippen molar-refractivity contribution in [2.75, 3.05) is 11.9 Å². The van der Waals surface area contributed by atoms with Gasteiger partial charge in [0.2, 0.25) is 0 Å². The number of anilines is 1. The van der Waals surface area contributed by atoms with Gasteiger partial charge < -0.3 is 5.32 Å². The Morgan fingerprint density at radius 3 is 2.68 bits per heavy atom. The Morgan fingerprint density at radius 2 is 1.90 bits per heavy atom. The van der Waals surface area contributed by atoms with Crippen LogP contribution in [-0.4, -0.2) is 44.1 Å². The monoisotopic (exact) mass is 422 g/mol. The Balaban J connectivity index is 1.25. The molecule has 0 spiro atoms. The van der Waals surface area contributed by atoms with E-state index in [1.54, 1.807) is 31.4 Å². The van der Waals surface area contributed by atoms with Gasteiger partial charge in [-0.3, -0.25) is 24.2 Å². The van der Waals surface area contributed by atoms with Crippen LogP contribution in [0.3, 0.4) is 0 Å². The average molecular weight is 422 g/mol. The zero-order chi connectivity index (χ0) is 21.5. The average Bonchev–Trinajstić information content (AvgIpc) is 3.63. The first-order valence-electron chi connectivity index (χ1n) is 9.81. The zero-order valence-electron chi connectivity index (χ0n) is 16.3. The number of amides is 2. The van der Waals surface area contributed by atoms with Crippen LogP contribution in [0.15, 0.2) is 42.9 Å². The normalized spacial score (nSPS) is 27.3. The summed E-state index contributed by atoms with van der Waals surface area (Å²) in [6, 6.07) is 6.08. The molecule has 0 saturated heterocycles. The van der Waals surface area contributed by atoms with Crippen molar-refractivity contribution in [3.8, 4) is 0 Å². The van der Waals surface area contributed by atoms with Crippen molar-refractivity contribution < 1.29 is 18.4 Å². The van der Waals surface area contributed by atoms with Gasteiger partial charge >= 0.3 is 0 Å². The molecule has 10 heteroatoms. The molecular formula is C21H16F2N6O2. The first-order chi connectivity index (χ1) is 14.9. The molecule has 2 amide bonds. The number of halogens is 2. The van der Waals surface area contributed by atoms with Crippen molar-refractivity contribution >= 4 is 17.6 Å². The lowest BCUT2D eigenvalue weighted by Gasteiger charge is -2.25. The fourth-order valence-electron chi connectivity index (χ4n) is 4.94. The van der Waals surface area contributed by atoms with Crippen molar-refractivity contribution in [3.63, 3.8) is 0 Å². The van der Waals surface area contributed by atoms with Gasteiger partial charge in [0.25, 0.3) is 11.8 Å². The van der Waals surface area contributed by atoms with Gasteiger partial charge in [0.1, 0.15) is 11.4 Å². The smallest absolute Gasteiger partial charge is 0.275 e. The summed E-state index contributed by atoms with van der Waals surface area (Å²) in [6.45, 7) is -0.0241. The van der Waals surface area contributed by atoms with Crippen LogP contribution in [0, 0.1) is 23.5 Å². The molecule has 2 aliphatic heterocycles. The predicted octanol–water partition coefficient (Wildman–Crippen LogP) is 1.49. The lowest BCUT2D eigenvalue weighted by atomic mass is 9.95. The van der Waals surface area contributed by atoms with Gasteiger partial charge in [0, 0.05) is 42.8 Å². The van der Waals surface area contributed by atoms with Gasteiger partial charge in [-0.15, -0.1) is 0 Å². The Labute approximate surface area is 174 Å². The van der Waals surface area contributed by atoms with E-state index < -0.39 is 28.8 Å². The minimum Gasteiger partial charge on any atom is -0.336 e. The number of aromatic nitrogens is 4. The summed E-state index contributed by atoms with van der Waals surface area (Å²) < 4.78 is 29.5. The third-order valence-electron chi connectivity index (χ3n) is 6.50. The number of nitrogens with zero attached hydrogens (tertiary/aromatic N) is 5. The van der Waals surface area contributed by atoms with E-state index in [0.717, 1.165) is 11.9 Å². The van der Waals surface area contributed by atoms with Gasteiger partial charge in [-0.05, 0) is 6.07 Å². The molecule has 2 aromatic heterocycles. The summed E-state index contributed by atoms with van der Waals surface area (Å²) in [6.07, 6.45) is 4.14. The van der Waals surface area contributed by atoms with E-state index in [4.69, 9.17) is 0 Å². The van der Waals surface area contributed by atoms with Crippen molar-refractivity contribution in [2.45, 2.75) is 18.0 Å². The number of likely N-dealkylation sites (N-methyl/N-ethyl adjacent to an activating group) is 1. The molecule has 2 bridgehead atoms. The second-order valence-electron chi connectivity index (χ2n) is 8.14. The van der Waals surface area contributed by atoms with Crippen LogP contribution >= 0.6 is 0 Å². The molecule has 3 unspecified atom stereocenters. The van der Waals surface area contributed by atoms with E-state index in [1.807, 2.05) is 0 Å². The van der Waals surface area contributed by atoms with E-state index in [2.05, 4.69) is 20.4 Å². The SMILES string of the molecule is CN1C(=O)C2(NC(=O)c3nn(Cc4ccccc4F)cc3F)C3C(c4nccnc41)[C@H]32. The molecule has 156 valence electrons. The van der Waals surface area contributed by atoms with E-state index in [-0.39, 0.29) is 30.2 Å². The summed E-state index contributed by atoms with van der Waals surface area (Å²) in [7, 11) is 1.59. The van der Waals surface area contributed by atoms with Gasteiger partial charge in [-0.25, -0.2) is 13.8 Å². The molecule has 2 aliphatic carbocycles. The van der Waals surface area contributed by atoms with E-state index >= 15 is 0 Å². The number of carbonyl (C=O) groups excluding carboxylic acids is 2. The minimum absolute atomic E-state index is 0.0241. The number of benzene rings is 1. The van der Waals surface area contributed by atoms with E-state index in [1.165, 1.54) is 21.8 Å². The zero-order valence-corrected chi connectivity index (χ0v) is 16.3. The Kier molecular flexibility index (Phi) is 3.46. The van der Waals surface area contributed by atoms with Gasteiger partial charge in [0.15, 0.2) is 17.3 Å². The van der Waals surface area contributed by atoms with Crippen LogP contribution < -0.4 is 10.2 Å². The van der Waals surface area contributed by atoms with Crippen molar-refractivity contribution in [3.05, 3.63) is 71.4 Å². The Bertz CT molecular complexity index is 1260. The summed E-state index contributed by atoms with van der Waals surface area (Å²) in [5.41, 5.74) is -0.445. The quantitative estimate of drug-likeness (QED) is 0.688. The lowest BCUT2D eigenvalue weighted by Crippen LogP contribution is -2.54. The maximum atomic E-state index is 14.5. The molecule has 7 rings (SSSR count). The largest absolute Gasteiger partial charge is 0.336 e.